The Morgan fingerprint density at radius 1 is 1.19 bits per heavy atom. The largest absolute Gasteiger partial charge is 0.381 e. The summed E-state index contributed by atoms with van der Waals surface area (Å²) in [5, 5.41) is 6.83. The van der Waals surface area contributed by atoms with Gasteiger partial charge in [0.15, 0.2) is 5.65 Å². The fourth-order valence-corrected chi connectivity index (χ4v) is 5.56. The number of nitrogens with two attached hydrogens (primary N) is 1. The highest BCUT2D eigenvalue weighted by atomic mass is 35.5. The predicted octanol–water partition coefficient (Wildman–Crippen LogP) is 5.07. The SMILES string of the molecule is C[C@H]1COCCC1Nc1ncc2nc(Nc3c(F)cc(Cl)cc3Cl)n(C3CCC(C(N)=O)CC3)c2n1. The molecule has 9 nitrogen and oxygen atoms in total. The Kier molecular flexibility index (Phi) is 7.18. The standard InChI is InChI=1S/C24H28Cl2FN7O2/c1-12-11-36-7-6-18(12)30-23-29-10-19-22(33-23)34(15-4-2-13(3-5-15)21(28)35)24(31-19)32-20-16(26)8-14(25)9-17(20)27/h8-10,12-13,15,18H,2-7,11H2,1H3,(H2,28,35)(H,31,32)(H,29,30,33)/t12-,13?,15?,18?/m0/s1. The van der Waals surface area contributed by atoms with Crippen molar-refractivity contribution < 1.29 is 13.9 Å². The molecule has 0 bridgehead atoms. The Morgan fingerprint density at radius 3 is 2.67 bits per heavy atom. The summed E-state index contributed by atoms with van der Waals surface area (Å²) in [5.41, 5.74) is 6.79. The second-order valence-corrected chi connectivity index (χ2v) is 10.4. The minimum Gasteiger partial charge on any atom is -0.381 e. The minimum absolute atomic E-state index is 0.0213. The maximum absolute atomic E-state index is 14.8. The van der Waals surface area contributed by atoms with Crippen molar-refractivity contribution in [2.75, 3.05) is 23.8 Å². The number of hydrogen-bond donors (Lipinski definition) is 3. The second kappa shape index (κ2) is 10.4. The van der Waals surface area contributed by atoms with Gasteiger partial charge in [-0.15, -0.1) is 0 Å². The highest BCUT2D eigenvalue weighted by molar-refractivity contribution is 6.36. The molecule has 36 heavy (non-hydrogen) atoms. The van der Waals surface area contributed by atoms with Gasteiger partial charge in [0.1, 0.15) is 11.3 Å². The van der Waals surface area contributed by atoms with E-state index < -0.39 is 5.82 Å². The Morgan fingerprint density at radius 2 is 1.97 bits per heavy atom. The topological polar surface area (TPSA) is 120 Å². The number of benzene rings is 1. The van der Waals surface area contributed by atoms with Crippen LogP contribution in [0, 0.1) is 17.7 Å². The number of nitrogens with one attached hydrogen (secondary N) is 2. The number of anilines is 3. The Balaban J connectivity index is 1.53. The van der Waals surface area contributed by atoms with Gasteiger partial charge in [-0.1, -0.05) is 30.1 Å². The number of halogens is 3. The molecule has 4 N–H and O–H groups in total. The lowest BCUT2D eigenvalue weighted by Gasteiger charge is -2.30. The van der Waals surface area contributed by atoms with E-state index in [9.17, 15) is 9.18 Å². The van der Waals surface area contributed by atoms with Crippen LogP contribution in [0.25, 0.3) is 11.2 Å². The highest BCUT2D eigenvalue weighted by Gasteiger charge is 2.30. The van der Waals surface area contributed by atoms with Crippen LogP contribution in [0.2, 0.25) is 10.0 Å². The van der Waals surface area contributed by atoms with E-state index in [1.54, 1.807) is 6.20 Å². The van der Waals surface area contributed by atoms with E-state index in [-0.39, 0.29) is 39.6 Å². The van der Waals surface area contributed by atoms with Crippen molar-refractivity contribution in [3.63, 3.8) is 0 Å². The summed E-state index contributed by atoms with van der Waals surface area (Å²) in [6.45, 7) is 3.50. The van der Waals surface area contributed by atoms with Crippen LogP contribution < -0.4 is 16.4 Å². The lowest BCUT2D eigenvalue weighted by Crippen LogP contribution is -2.36. The number of imidazole rings is 1. The van der Waals surface area contributed by atoms with Gasteiger partial charge in [-0.3, -0.25) is 9.36 Å². The van der Waals surface area contributed by atoms with E-state index in [1.807, 2.05) is 4.57 Å². The van der Waals surface area contributed by atoms with Crippen molar-refractivity contribution in [2.24, 2.45) is 17.6 Å². The molecule has 5 rings (SSSR count). The van der Waals surface area contributed by atoms with Crippen molar-refractivity contribution >= 4 is 57.9 Å². The van der Waals surface area contributed by atoms with Crippen LogP contribution in [0.4, 0.5) is 22.0 Å². The number of aromatic nitrogens is 4. The molecule has 2 fully saturated rings. The molecule has 192 valence electrons. The van der Waals surface area contributed by atoms with E-state index in [0.29, 0.717) is 67.9 Å². The average Bonchev–Trinajstić information content (AvgIpc) is 3.20. The zero-order valence-electron chi connectivity index (χ0n) is 19.8. The maximum Gasteiger partial charge on any atom is 0.224 e. The molecule has 1 aliphatic heterocycles. The van der Waals surface area contributed by atoms with Crippen LogP contribution in [0.5, 0.6) is 0 Å². The van der Waals surface area contributed by atoms with Gasteiger partial charge in [0.25, 0.3) is 0 Å². The van der Waals surface area contributed by atoms with Crippen LogP contribution in [-0.2, 0) is 9.53 Å². The lowest BCUT2D eigenvalue weighted by molar-refractivity contribution is -0.122. The first-order valence-electron chi connectivity index (χ1n) is 12.1. The first-order chi connectivity index (χ1) is 17.3. The predicted molar refractivity (Wildman–Crippen MR) is 137 cm³/mol. The average molecular weight is 536 g/mol. The van der Waals surface area contributed by atoms with Gasteiger partial charge in [0.2, 0.25) is 17.8 Å². The molecule has 1 unspecified atom stereocenters. The van der Waals surface area contributed by atoms with Gasteiger partial charge in [-0.2, -0.15) is 4.98 Å². The summed E-state index contributed by atoms with van der Waals surface area (Å²) in [7, 11) is 0. The van der Waals surface area contributed by atoms with Gasteiger partial charge in [-0.25, -0.2) is 14.4 Å². The quantitative estimate of drug-likeness (QED) is 0.402. The van der Waals surface area contributed by atoms with Crippen LogP contribution in [0.3, 0.4) is 0 Å². The van der Waals surface area contributed by atoms with Gasteiger partial charge in [0.05, 0.1) is 23.5 Å². The maximum atomic E-state index is 14.8. The number of primary amides is 1. The van der Waals surface area contributed by atoms with Crippen molar-refractivity contribution in [1.82, 2.24) is 19.5 Å². The molecular weight excluding hydrogens is 508 g/mol. The third-order valence-electron chi connectivity index (χ3n) is 7.10. The Bertz CT molecular complexity index is 1260. The number of fused-ring (bicyclic) bond motifs is 1. The zero-order chi connectivity index (χ0) is 25.4. The van der Waals surface area contributed by atoms with Crippen LogP contribution in [-0.4, -0.2) is 44.7 Å². The molecule has 2 atom stereocenters. The Hall–Kier alpha value is -2.69. The summed E-state index contributed by atoms with van der Waals surface area (Å²) in [4.78, 5) is 25.7. The Labute approximate surface area is 217 Å². The number of carbonyl (C=O) groups excluding carboxylic acids is 1. The van der Waals surface area contributed by atoms with Gasteiger partial charge >= 0.3 is 0 Å². The molecule has 3 heterocycles. The van der Waals surface area contributed by atoms with E-state index >= 15 is 0 Å². The first kappa shape index (κ1) is 25.0. The number of rotatable bonds is 6. The molecule has 3 aromatic rings. The summed E-state index contributed by atoms with van der Waals surface area (Å²) >= 11 is 12.2. The fourth-order valence-electron chi connectivity index (χ4n) is 5.05. The number of nitrogens with zero attached hydrogens (tertiary/aromatic N) is 4. The van der Waals surface area contributed by atoms with E-state index in [2.05, 4.69) is 27.5 Å². The van der Waals surface area contributed by atoms with Gasteiger partial charge in [0, 0.05) is 29.6 Å². The monoisotopic (exact) mass is 535 g/mol. The fraction of sp³-hybridized carbons (Fsp3) is 0.500. The molecule has 1 amide bonds. The second-order valence-electron chi connectivity index (χ2n) is 9.58. The van der Waals surface area contributed by atoms with Gasteiger partial charge < -0.3 is 21.1 Å². The molecule has 2 aromatic heterocycles. The molecule has 1 aromatic carbocycles. The minimum atomic E-state index is -0.592. The summed E-state index contributed by atoms with van der Waals surface area (Å²) < 4.78 is 22.3. The molecule has 1 saturated heterocycles. The normalized spacial score (nSPS) is 24.6. The number of carbonyl (C=O) groups is 1. The van der Waals surface area contributed by atoms with E-state index in [1.165, 1.54) is 12.1 Å². The van der Waals surface area contributed by atoms with Crippen LogP contribution in [0.15, 0.2) is 18.3 Å². The summed E-state index contributed by atoms with van der Waals surface area (Å²) in [5.74, 6) is 0.177. The molecule has 1 aliphatic carbocycles. The summed E-state index contributed by atoms with van der Waals surface area (Å²) in [6, 6.07) is 2.83. The zero-order valence-corrected chi connectivity index (χ0v) is 21.3. The van der Waals surface area contributed by atoms with Crippen molar-refractivity contribution in [2.45, 2.75) is 51.1 Å². The molecule has 1 saturated carbocycles. The molecule has 2 aliphatic rings. The van der Waals surface area contributed by atoms with Gasteiger partial charge in [-0.05, 0) is 50.2 Å². The molecule has 12 heteroatoms. The number of amides is 1. The lowest BCUT2D eigenvalue weighted by atomic mass is 9.85. The molecule has 0 radical (unpaired) electrons. The molecule has 0 spiro atoms. The third kappa shape index (κ3) is 5.07. The third-order valence-corrected chi connectivity index (χ3v) is 7.61. The molecular formula is C24H28Cl2FN7O2. The van der Waals surface area contributed by atoms with E-state index in [0.717, 1.165) is 6.42 Å². The first-order valence-corrected chi connectivity index (χ1v) is 12.9. The van der Waals surface area contributed by atoms with E-state index in [4.69, 9.17) is 38.7 Å². The summed E-state index contributed by atoms with van der Waals surface area (Å²) in [6.07, 6.45) is 5.24. The van der Waals surface area contributed by atoms with Crippen molar-refractivity contribution in [3.8, 4) is 0 Å². The smallest absolute Gasteiger partial charge is 0.224 e. The highest BCUT2D eigenvalue weighted by Crippen LogP contribution is 2.38. The van der Waals surface area contributed by atoms with Crippen LogP contribution >= 0.6 is 23.2 Å². The number of ether oxygens (including phenoxy) is 1. The van der Waals surface area contributed by atoms with Crippen molar-refractivity contribution in [3.05, 3.63) is 34.2 Å². The van der Waals surface area contributed by atoms with Crippen molar-refractivity contribution in [1.29, 1.82) is 0 Å². The number of hydrogen-bond acceptors (Lipinski definition) is 7. The van der Waals surface area contributed by atoms with Crippen LogP contribution in [0.1, 0.15) is 45.1 Å².